The highest BCUT2D eigenvalue weighted by Gasteiger charge is 2.21. The van der Waals surface area contributed by atoms with E-state index in [0.29, 0.717) is 0 Å². The van der Waals surface area contributed by atoms with Gasteiger partial charge in [0.1, 0.15) is 0 Å². The number of hydrogen-bond donors (Lipinski definition) is 0. The third-order valence-corrected chi connectivity index (χ3v) is 1.84. The minimum atomic E-state index is 0.852. The highest BCUT2D eigenvalue weighted by molar-refractivity contribution is 5.35. The first-order chi connectivity index (χ1) is 2.73. The maximum absolute atomic E-state index is 2.24. The van der Waals surface area contributed by atoms with Crippen LogP contribution in [-0.2, 0) is 0 Å². The van der Waals surface area contributed by atoms with Crippen molar-refractivity contribution < 1.29 is 0 Å². The Labute approximate surface area is 38.9 Å². The summed E-state index contributed by atoms with van der Waals surface area (Å²) in [5, 5.41) is 0. The smallest absolute Gasteiger partial charge is 0.00214 e. The lowest BCUT2D eigenvalue weighted by Crippen LogP contribution is -1.62. The standard InChI is InChI=1S/C6H10/c1-4-5(2)6(4)3/h4H,1-3H3. The maximum atomic E-state index is 2.24. The molecule has 0 aromatic rings. The summed E-state index contributed by atoms with van der Waals surface area (Å²) in [4.78, 5) is 0. The van der Waals surface area contributed by atoms with Gasteiger partial charge in [0.2, 0.25) is 0 Å². The SMILES string of the molecule is CC1=C(C)C1C. The van der Waals surface area contributed by atoms with Gasteiger partial charge in [0, 0.05) is 0 Å². The van der Waals surface area contributed by atoms with E-state index < -0.39 is 0 Å². The molecule has 0 radical (unpaired) electrons. The molecule has 34 valence electrons. The largest absolute Gasteiger partial charge is 0.0669 e. The summed E-state index contributed by atoms with van der Waals surface area (Å²) in [5.41, 5.74) is 3.19. The van der Waals surface area contributed by atoms with Crippen molar-refractivity contribution in [3.63, 3.8) is 0 Å². The Hall–Kier alpha value is -0.260. The zero-order valence-electron chi connectivity index (χ0n) is 4.58. The minimum absolute atomic E-state index is 0.852. The van der Waals surface area contributed by atoms with E-state index in [0.717, 1.165) is 5.92 Å². The Morgan fingerprint density at radius 2 is 1.33 bits per heavy atom. The third-order valence-electron chi connectivity index (χ3n) is 1.84. The molecule has 0 saturated heterocycles. The second kappa shape index (κ2) is 0.868. The highest BCUT2D eigenvalue weighted by atomic mass is 14.3. The lowest BCUT2D eigenvalue weighted by Gasteiger charge is -1.73. The Balaban J connectivity index is 2.54. The first-order valence-corrected chi connectivity index (χ1v) is 2.40. The summed E-state index contributed by atoms with van der Waals surface area (Å²) in [6.07, 6.45) is 0. The maximum Gasteiger partial charge on any atom is -0.00214 e. The van der Waals surface area contributed by atoms with E-state index in [9.17, 15) is 0 Å². The molecule has 1 rings (SSSR count). The topological polar surface area (TPSA) is 0 Å². The van der Waals surface area contributed by atoms with Crippen molar-refractivity contribution in [2.24, 2.45) is 5.92 Å². The van der Waals surface area contributed by atoms with Crippen LogP contribution in [0.1, 0.15) is 20.8 Å². The minimum Gasteiger partial charge on any atom is -0.0669 e. The summed E-state index contributed by atoms with van der Waals surface area (Å²) in [5.74, 6) is 0.852. The van der Waals surface area contributed by atoms with E-state index >= 15 is 0 Å². The fourth-order valence-corrected chi connectivity index (χ4v) is 0.661. The van der Waals surface area contributed by atoms with Gasteiger partial charge < -0.3 is 0 Å². The van der Waals surface area contributed by atoms with Gasteiger partial charge in [-0.25, -0.2) is 0 Å². The quantitative estimate of drug-likeness (QED) is 0.392. The predicted molar refractivity (Wildman–Crippen MR) is 27.5 cm³/mol. The third kappa shape index (κ3) is 0.296. The molecule has 0 N–H and O–H groups in total. The Morgan fingerprint density at radius 3 is 1.33 bits per heavy atom. The Morgan fingerprint density at radius 1 is 1.17 bits per heavy atom. The Kier molecular flexibility index (Phi) is 0.566. The van der Waals surface area contributed by atoms with E-state index in [-0.39, 0.29) is 0 Å². The molecule has 0 heterocycles. The molecule has 0 aromatic carbocycles. The molecule has 1 aliphatic carbocycles. The van der Waals surface area contributed by atoms with Gasteiger partial charge in [-0.2, -0.15) is 0 Å². The summed E-state index contributed by atoms with van der Waals surface area (Å²) >= 11 is 0. The second-order valence-corrected chi connectivity index (χ2v) is 2.09. The molecule has 0 nitrogen and oxygen atoms in total. The molecule has 0 saturated carbocycles. The molecule has 0 unspecified atom stereocenters. The zero-order valence-corrected chi connectivity index (χ0v) is 4.58. The normalized spacial score (nSPS) is 22.5. The van der Waals surface area contributed by atoms with Gasteiger partial charge in [-0.05, 0) is 19.8 Å². The first kappa shape index (κ1) is 3.91. The van der Waals surface area contributed by atoms with Crippen LogP contribution in [-0.4, -0.2) is 0 Å². The fourth-order valence-electron chi connectivity index (χ4n) is 0.661. The second-order valence-electron chi connectivity index (χ2n) is 2.09. The van der Waals surface area contributed by atoms with Gasteiger partial charge in [0.25, 0.3) is 0 Å². The van der Waals surface area contributed by atoms with E-state index in [1.54, 1.807) is 11.1 Å². The van der Waals surface area contributed by atoms with Crippen LogP contribution >= 0.6 is 0 Å². The Bertz CT molecular complexity index is 86.6. The molecule has 0 spiro atoms. The molecular weight excluding hydrogens is 72.1 g/mol. The lowest BCUT2D eigenvalue weighted by molar-refractivity contribution is 0.993. The van der Waals surface area contributed by atoms with Crippen LogP contribution in [0, 0.1) is 5.92 Å². The lowest BCUT2D eigenvalue weighted by atomic mass is 10.3. The van der Waals surface area contributed by atoms with Crippen molar-refractivity contribution >= 4 is 0 Å². The van der Waals surface area contributed by atoms with Gasteiger partial charge in [-0.15, -0.1) is 0 Å². The molecule has 0 aliphatic heterocycles. The molecular formula is C6H10. The zero-order chi connectivity index (χ0) is 4.73. The summed E-state index contributed by atoms with van der Waals surface area (Å²) in [7, 11) is 0. The summed E-state index contributed by atoms with van der Waals surface area (Å²) < 4.78 is 0. The van der Waals surface area contributed by atoms with Crippen LogP contribution in [0.3, 0.4) is 0 Å². The van der Waals surface area contributed by atoms with Gasteiger partial charge in [-0.3, -0.25) is 0 Å². The van der Waals surface area contributed by atoms with E-state index in [4.69, 9.17) is 0 Å². The number of allylic oxidation sites excluding steroid dienone is 2. The average Bonchev–Trinajstić information content (AvgIpc) is 1.94. The predicted octanol–water partition coefficient (Wildman–Crippen LogP) is 1.97. The van der Waals surface area contributed by atoms with E-state index in [1.165, 1.54) is 0 Å². The van der Waals surface area contributed by atoms with Gasteiger partial charge in [0.05, 0.1) is 0 Å². The van der Waals surface area contributed by atoms with Crippen LogP contribution < -0.4 is 0 Å². The van der Waals surface area contributed by atoms with Crippen LogP contribution in [0.4, 0.5) is 0 Å². The van der Waals surface area contributed by atoms with Gasteiger partial charge in [-0.1, -0.05) is 18.1 Å². The van der Waals surface area contributed by atoms with Gasteiger partial charge >= 0.3 is 0 Å². The van der Waals surface area contributed by atoms with Crippen LogP contribution in [0.15, 0.2) is 11.1 Å². The van der Waals surface area contributed by atoms with Crippen LogP contribution in [0.2, 0.25) is 0 Å². The molecule has 0 amide bonds. The van der Waals surface area contributed by atoms with Crippen molar-refractivity contribution in [1.82, 2.24) is 0 Å². The molecule has 0 aromatic heterocycles. The average molecular weight is 82.1 g/mol. The molecule has 6 heavy (non-hydrogen) atoms. The van der Waals surface area contributed by atoms with Crippen molar-refractivity contribution in [3.05, 3.63) is 11.1 Å². The molecule has 1 aliphatic rings. The molecule has 0 heteroatoms. The summed E-state index contributed by atoms with van der Waals surface area (Å²) in [6.45, 7) is 6.63. The van der Waals surface area contributed by atoms with Crippen LogP contribution in [0.5, 0.6) is 0 Å². The highest BCUT2D eigenvalue weighted by Crippen LogP contribution is 2.36. The first-order valence-electron chi connectivity index (χ1n) is 2.40. The van der Waals surface area contributed by atoms with Crippen LogP contribution in [0.25, 0.3) is 0 Å². The van der Waals surface area contributed by atoms with Gasteiger partial charge in [0.15, 0.2) is 0 Å². The summed E-state index contributed by atoms with van der Waals surface area (Å²) in [6, 6.07) is 0. The van der Waals surface area contributed by atoms with Crippen molar-refractivity contribution in [3.8, 4) is 0 Å². The van der Waals surface area contributed by atoms with Crippen molar-refractivity contribution in [2.75, 3.05) is 0 Å². The molecule has 0 bridgehead atoms. The van der Waals surface area contributed by atoms with Crippen molar-refractivity contribution in [2.45, 2.75) is 20.8 Å². The van der Waals surface area contributed by atoms with E-state index in [1.807, 2.05) is 0 Å². The molecule has 0 fully saturated rings. The van der Waals surface area contributed by atoms with Crippen molar-refractivity contribution in [1.29, 1.82) is 0 Å². The molecule has 0 atom stereocenters. The number of hydrogen-bond acceptors (Lipinski definition) is 0. The fraction of sp³-hybridized carbons (Fsp3) is 0.667. The number of rotatable bonds is 0. The monoisotopic (exact) mass is 82.1 g/mol. The van der Waals surface area contributed by atoms with E-state index in [2.05, 4.69) is 20.8 Å².